The van der Waals surface area contributed by atoms with Gasteiger partial charge in [0.25, 0.3) is 0 Å². The van der Waals surface area contributed by atoms with Crippen LogP contribution in [0, 0.1) is 0 Å². The van der Waals surface area contributed by atoms with E-state index in [2.05, 4.69) is 0 Å². The van der Waals surface area contributed by atoms with Gasteiger partial charge in [0.05, 0.1) is 0 Å². The average molecular weight is 203 g/mol. The Bertz CT molecular complexity index is 74.7. The van der Waals surface area contributed by atoms with E-state index in [0.717, 1.165) is 11.5 Å². The van der Waals surface area contributed by atoms with Gasteiger partial charge in [0.1, 0.15) is 0 Å². The Morgan fingerprint density at radius 3 is 2.40 bits per heavy atom. The molecule has 0 aliphatic carbocycles. The maximum Gasteiger partial charge on any atom is 1.00 e. The van der Waals surface area contributed by atoms with Crippen molar-refractivity contribution in [3.63, 3.8) is 0 Å². The van der Waals surface area contributed by atoms with Gasteiger partial charge >= 0.3 is 51.4 Å². The molecular weight excluding hydrogens is 193 g/mol. The molecule has 0 fully saturated rings. The van der Waals surface area contributed by atoms with Crippen molar-refractivity contribution in [1.29, 1.82) is 0 Å². The van der Waals surface area contributed by atoms with Gasteiger partial charge in [-0.15, -0.1) is 6.42 Å². The molecule has 0 saturated heterocycles. The van der Waals surface area contributed by atoms with Crippen LogP contribution in [-0.2, 0) is 4.79 Å². The summed E-state index contributed by atoms with van der Waals surface area (Å²) < 4.78 is 0. The van der Waals surface area contributed by atoms with E-state index >= 15 is 0 Å². The summed E-state index contributed by atoms with van der Waals surface area (Å²) in [6, 6.07) is 0. The van der Waals surface area contributed by atoms with E-state index in [0.29, 0.717) is 13.0 Å². The fraction of sp³-hybridized carbons (Fsp3) is 0.800. The van der Waals surface area contributed by atoms with Crippen LogP contribution < -0.4 is 57.1 Å². The number of rotatable bonds is 6. The maximum atomic E-state index is 9.67. The van der Waals surface area contributed by atoms with E-state index < -0.39 is 0 Å². The molecule has 0 amide bonds. The summed E-state index contributed by atoms with van der Waals surface area (Å²) in [5.41, 5.74) is 5.23. The van der Waals surface area contributed by atoms with E-state index in [-0.39, 0.29) is 51.4 Å². The predicted octanol–water partition coefficient (Wildman–Crippen LogP) is -2.17. The second-order valence-electron chi connectivity index (χ2n) is 1.33. The van der Waals surface area contributed by atoms with E-state index in [1.54, 1.807) is 21.6 Å². The van der Waals surface area contributed by atoms with Gasteiger partial charge in [-0.25, -0.2) is 0 Å². The minimum atomic E-state index is 0. The summed E-state index contributed by atoms with van der Waals surface area (Å²) in [6.45, 7) is 0.711. The quantitative estimate of drug-likeness (QED) is 0.231. The molecule has 0 aromatic heterocycles. The van der Waals surface area contributed by atoms with Gasteiger partial charge in [0.15, 0.2) is 0 Å². The van der Waals surface area contributed by atoms with Crippen molar-refractivity contribution in [3.05, 3.63) is 0 Å². The summed E-state index contributed by atoms with van der Waals surface area (Å²) in [5.74, 6) is 1.82. The van der Waals surface area contributed by atoms with Crippen LogP contribution in [0.4, 0.5) is 0 Å². The number of hydrogen-bond acceptors (Lipinski definition) is 4. The van der Waals surface area contributed by atoms with Gasteiger partial charge in [-0.05, 0) is 5.75 Å². The Kier molecular flexibility index (Phi) is 19.6. The number of carbonyl (C=O) groups excluding carboxylic acids is 1. The van der Waals surface area contributed by atoms with Gasteiger partial charge in [-0.1, -0.05) is 21.6 Å². The molecule has 0 atom stereocenters. The summed E-state index contributed by atoms with van der Waals surface area (Å²) in [6.07, 6.45) is 2.36. The molecule has 0 aliphatic heterocycles. The molecule has 0 heterocycles. The maximum absolute atomic E-state index is 9.67. The summed E-state index contributed by atoms with van der Waals surface area (Å²) >= 11 is 0. The first-order valence-corrected chi connectivity index (χ1v) is 5.20. The smallest absolute Gasteiger partial charge is 0.542 e. The summed E-state index contributed by atoms with van der Waals surface area (Å²) in [5, 5.41) is 0. The third kappa shape index (κ3) is 12.6. The Labute approximate surface area is 112 Å². The first-order valence-electron chi connectivity index (χ1n) is 2.71. The van der Waals surface area contributed by atoms with Crippen LogP contribution >= 0.6 is 21.6 Å². The van der Waals surface area contributed by atoms with Gasteiger partial charge in [0.2, 0.25) is 0 Å². The van der Waals surface area contributed by atoms with Gasteiger partial charge in [-0.2, -0.15) is 0 Å². The second kappa shape index (κ2) is 13.5. The first-order chi connectivity index (χ1) is 4.41. The zero-order valence-electron chi connectivity index (χ0n) is 6.13. The van der Waals surface area contributed by atoms with Crippen molar-refractivity contribution in [3.8, 4) is 0 Å². The van der Waals surface area contributed by atoms with Gasteiger partial charge in [-0.3, -0.25) is 6.29 Å². The largest absolute Gasteiger partial charge is 1.00 e. The fourth-order valence-corrected chi connectivity index (χ4v) is 1.99. The number of nitrogens with two attached hydrogens (primary N) is 1. The van der Waals surface area contributed by atoms with Crippen molar-refractivity contribution >= 4 is 27.9 Å². The van der Waals surface area contributed by atoms with Crippen LogP contribution in [0.3, 0.4) is 0 Å². The van der Waals surface area contributed by atoms with Crippen molar-refractivity contribution in [2.45, 2.75) is 6.42 Å². The van der Waals surface area contributed by atoms with E-state index in [1.807, 2.05) is 6.29 Å². The molecule has 0 bridgehead atoms. The van der Waals surface area contributed by atoms with E-state index in [4.69, 9.17) is 5.73 Å². The number of hydrogen-bond donors (Lipinski definition) is 1. The Balaban J connectivity index is 0. The zero-order valence-corrected chi connectivity index (χ0v) is 10.9. The van der Waals surface area contributed by atoms with Crippen LogP contribution in [0.1, 0.15) is 6.42 Å². The third-order valence-electron chi connectivity index (χ3n) is 0.572. The normalized spacial score (nSPS) is 8.50. The molecule has 0 spiro atoms. The Hall–Kier alpha value is 1.97. The zero-order chi connectivity index (χ0) is 6.95. The topological polar surface area (TPSA) is 43.1 Å². The van der Waals surface area contributed by atoms with Crippen molar-refractivity contribution in [2.24, 2.45) is 5.73 Å². The molecule has 0 radical (unpaired) electrons. The minimum Gasteiger partial charge on any atom is -0.542 e. The summed E-state index contributed by atoms with van der Waals surface area (Å²) in [4.78, 5) is 9.67. The van der Waals surface area contributed by atoms with Gasteiger partial charge in [0, 0.05) is 12.3 Å². The Morgan fingerprint density at radius 1 is 1.30 bits per heavy atom. The molecule has 0 unspecified atom stereocenters. The summed E-state index contributed by atoms with van der Waals surface area (Å²) in [7, 11) is 3.38. The van der Waals surface area contributed by atoms with Gasteiger partial charge < -0.3 is 10.5 Å². The van der Waals surface area contributed by atoms with E-state index in [9.17, 15) is 4.79 Å². The fourth-order valence-electron chi connectivity index (χ4n) is 0.249. The molecule has 0 aliphatic rings. The monoisotopic (exact) mass is 203 g/mol. The Morgan fingerprint density at radius 2 is 1.90 bits per heavy atom. The molecule has 2 nitrogen and oxygen atoms in total. The molecule has 10 heavy (non-hydrogen) atoms. The van der Waals surface area contributed by atoms with Crippen LogP contribution in [-0.4, -0.2) is 24.3 Å². The molecule has 5 heteroatoms. The molecule has 0 saturated carbocycles. The molecular formula is C5H10KNOS2. The second-order valence-corrected chi connectivity index (χ2v) is 4.03. The molecule has 0 rings (SSSR count). The molecule has 2 N–H and O–H groups in total. The first kappa shape index (κ1) is 14.5. The average Bonchev–Trinajstić information content (AvgIpc) is 1.89. The van der Waals surface area contributed by atoms with Crippen molar-refractivity contribution < 1.29 is 56.2 Å². The minimum absolute atomic E-state index is 0. The molecule has 0 aromatic rings. The van der Waals surface area contributed by atoms with Crippen LogP contribution in [0.2, 0.25) is 0 Å². The van der Waals surface area contributed by atoms with Crippen molar-refractivity contribution in [2.75, 3.05) is 18.1 Å². The van der Waals surface area contributed by atoms with Crippen molar-refractivity contribution in [1.82, 2.24) is 0 Å². The van der Waals surface area contributed by atoms with Crippen LogP contribution in [0.25, 0.3) is 0 Å². The standard InChI is InChI=1S/C5H10NOS2.K/c6-2-5-9-8-4-1-3-7;/h1-2,4-6H2;/q-1;+1. The van der Waals surface area contributed by atoms with Crippen LogP contribution in [0.15, 0.2) is 0 Å². The molecule has 0 aromatic carbocycles. The van der Waals surface area contributed by atoms with E-state index in [1.165, 1.54) is 0 Å². The third-order valence-corrected chi connectivity index (χ3v) is 3.01. The SMILES string of the molecule is NCCSSCC[C-]=O.[K+]. The van der Waals surface area contributed by atoms with Crippen LogP contribution in [0.5, 0.6) is 0 Å². The predicted molar refractivity (Wildman–Crippen MR) is 44.3 cm³/mol. The molecule has 54 valence electrons.